The number of carbonyl (C=O) groups excluding carboxylic acids is 1. The Labute approximate surface area is 114 Å². The number of carbonyl (C=O) groups is 2. The SMILES string of the molecule is CC(C)C[C@H](NC(=O)C(O)[C@H](N)CC(C)C)C(=O)O. The summed E-state index contributed by atoms with van der Waals surface area (Å²) in [5.74, 6) is -1.45. The number of nitrogens with two attached hydrogens (primary N) is 1. The van der Waals surface area contributed by atoms with Crippen LogP contribution in [0.2, 0.25) is 0 Å². The first-order valence-corrected chi connectivity index (χ1v) is 6.62. The lowest BCUT2D eigenvalue weighted by atomic mass is 9.98. The van der Waals surface area contributed by atoms with Gasteiger partial charge < -0.3 is 21.3 Å². The third-order valence-corrected chi connectivity index (χ3v) is 2.74. The second-order valence-corrected chi connectivity index (χ2v) is 5.77. The van der Waals surface area contributed by atoms with Crippen LogP contribution in [0.1, 0.15) is 40.5 Å². The van der Waals surface area contributed by atoms with E-state index in [1.807, 2.05) is 27.7 Å². The monoisotopic (exact) mass is 274 g/mol. The number of rotatable bonds is 8. The van der Waals surface area contributed by atoms with Gasteiger partial charge in [-0.3, -0.25) is 4.79 Å². The zero-order valence-corrected chi connectivity index (χ0v) is 12.1. The van der Waals surface area contributed by atoms with E-state index in [9.17, 15) is 14.7 Å². The molecule has 0 saturated carbocycles. The van der Waals surface area contributed by atoms with Crippen LogP contribution in [0.3, 0.4) is 0 Å². The van der Waals surface area contributed by atoms with E-state index in [2.05, 4.69) is 5.32 Å². The van der Waals surface area contributed by atoms with Gasteiger partial charge in [0.1, 0.15) is 12.1 Å². The molecule has 6 nitrogen and oxygen atoms in total. The third-order valence-electron chi connectivity index (χ3n) is 2.74. The van der Waals surface area contributed by atoms with Crippen molar-refractivity contribution in [3.63, 3.8) is 0 Å². The van der Waals surface area contributed by atoms with Crippen LogP contribution in [-0.2, 0) is 9.59 Å². The summed E-state index contributed by atoms with van der Waals surface area (Å²) in [6, 6.07) is -1.68. The summed E-state index contributed by atoms with van der Waals surface area (Å²) < 4.78 is 0. The fourth-order valence-corrected chi connectivity index (χ4v) is 1.82. The van der Waals surface area contributed by atoms with Crippen LogP contribution in [0.5, 0.6) is 0 Å². The maximum absolute atomic E-state index is 11.8. The summed E-state index contributed by atoms with van der Waals surface area (Å²) in [4.78, 5) is 22.8. The molecule has 0 aliphatic rings. The first-order chi connectivity index (χ1) is 8.65. The van der Waals surface area contributed by atoms with Gasteiger partial charge in [-0.15, -0.1) is 0 Å². The first-order valence-electron chi connectivity index (χ1n) is 6.62. The Balaban J connectivity index is 4.50. The molecule has 0 aromatic rings. The van der Waals surface area contributed by atoms with Crippen molar-refractivity contribution in [2.45, 2.75) is 58.7 Å². The maximum Gasteiger partial charge on any atom is 0.326 e. The highest BCUT2D eigenvalue weighted by Crippen LogP contribution is 2.08. The van der Waals surface area contributed by atoms with Gasteiger partial charge in [0.25, 0.3) is 5.91 Å². The van der Waals surface area contributed by atoms with Gasteiger partial charge in [0, 0.05) is 6.04 Å². The second kappa shape index (κ2) is 8.12. The fourth-order valence-electron chi connectivity index (χ4n) is 1.82. The molecule has 3 atom stereocenters. The van der Waals surface area contributed by atoms with Crippen LogP contribution in [0.4, 0.5) is 0 Å². The van der Waals surface area contributed by atoms with E-state index in [0.717, 1.165) is 0 Å². The van der Waals surface area contributed by atoms with E-state index in [0.29, 0.717) is 12.8 Å². The Morgan fingerprint density at radius 1 is 1.11 bits per heavy atom. The van der Waals surface area contributed by atoms with Crippen molar-refractivity contribution >= 4 is 11.9 Å². The lowest BCUT2D eigenvalue weighted by Gasteiger charge is -2.23. The molecule has 1 amide bonds. The van der Waals surface area contributed by atoms with Gasteiger partial charge in [-0.1, -0.05) is 27.7 Å². The average Bonchev–Trinajstić information content (AvgIpc) is 2.25. The van der Waals surface area contributed by atoms with Crippen molar-refractivity contribution < 1.29 is 19.8 Å². The van der Waals surface area contributed by atoms with E-state index in [1.165, 1.54) is 0 Å². The van der Waals surface area contributed by atoms with Crippen molar-refractivity contribution in [3.8, 4) is 0 Å². The number of hydrogen-bond donors (Lipinski definition) is 4. The lowest BCUT2D eigenvalue weighted by molar-refractivity contribution is -0.144. The number of nitrogens with one attached hydrogen (secondary N) is 1. The van der Waals surface area contributed by atoms with Gasteiger partial charge in [0.15, 0.2) is 0 Å². The molecule has 0 aliphatic heterocycles. The molecule has 0 rings (SSSR count). The summed E-state index contributed by atoms with van der Waals surface area (Å²) in [6.07, 6.45) is -0.569. The normalized spacial score (nSPS) is 16.2. The van der Waals surface area contributed by atoms with Crippen LogP contribution >= 0.6 is 0 Å². The Bertz CT molecular complexity index is 305. The van der Waals surface area contributed by atoms with E-state index < -0.39 is 30.1 Å². The molecule has 1 unspecified atom stereocenters. The van der Waals surface area contributed by atoms with E-state index in [4.69, 9.17) is 10.8 Å². The van der Waals surface area contributed by atoms with E-state index >= 15 is 0 Å². The molecule has 19 heavy (non-hydrogen) atoms. The fraction of sp³-hybridized carbons (Fsp3) is 0.846. The Morgan fingerprint density at radius 3 is 1.95 bits per heavy atom. The van der Waals surface area contributed by atoms with Crippen molar-refractivity contribution in [1.29, 1.82) is 0 Å². The molecule has 5 N–H and O–H groups in total. The van der Waals surface area contributed by atoms with Crippen LogP contribution in [0, 0.1) is 11.8 Å². The summed E-state index contributed by atoms with van der Waals surface area (Å²) in [7, 11) is 0. The van der Waals surface area contributed by atoms with Crippen molar-refractivity contribution in [1.82, 2.24) is 5.32 Å². The van der Waals surface area contributed by atoms with E-state index in [-0.39, 0.29) is 11.8 Å². The highest BCUT2D eigenvalue weighted by molar-refractivity contribution is 5.86. The zero-order valence-electron chi connectivity index (χ0n) is 12.1. The minimum absolute atomic E-state index is 0.128. The van der Waals surface area contributed by atoms with Crippen molar-refractivity contribution in [3.05, 3.63) is 0 Å². The van der Waals surface area contributed by atoms with Gasteiger partial charge in [0.2, 0.25) is 0 Å². The highest BCUT2D eigenvalue weighted by Gasteiger charge is 2.28. The molecule has 0 fully saturated rings. The van der Waals surface area contributed by atoms with Crippen molar-refractivity contribution in [2.24, 2.45) is 17.6 Å². The molecule has 0 spiro atoms. The minimum Gasteiger partial charge on any atom is -0.480 e. The summed E-state index contributed by atoms with van der Waals surface area (Å²) in [5, 5.41) is 21.1. The number of aliphatic hydroxyl groups excluding tert-OH is 1. The summed E-state index contributed by atoms with van der Waals surface area (Å²) in [5.41, 5.74) is 5.71. The topological polar surface area (TPSA) is 113 Å². The van der Waals surface area contributed by atoms with Gasteiger partial charge in [-0.05, 0) is 24.7 Å². The Kier molecular flexibility index (Phi) is 7.63. The summed E-state index contributed by atoms with van der Waals surface area (Å²) in [6.45, 7) is 7.60. The van der Waals surface area contributed by atoms with Crippen LogP contribution < -0.4 is 11.1 Å². The molecule has 0 heterocycles. The number of amides is 1. The Hall–Kier alpha value is -1.14. The molecule has 0 bridgehead atoms. The predicted octanol–water partition coefficient (Wildman–Crippen LogP) is 0.336. The molecule has 112 valence electrons. The molecule has 0 aromatic heterocycles. The number of carboxylic acids is 1. The van der Waals surface area contributed by atoms with Gasteiger partial charge in [0.05, 0.1) is 0 Å². The quantitative estimate of drug-likeness (QED) is 0.509. The van der Waals surface area contributed by atoms with Gasteiger partial charge in [-0.25, -0.2) is 4.79 Å². The van der Waals surface area contributed by atoms with Crippen LogP contribution in [0.15, 0.2) is 0 Å². The number of aliphatic carboxylic acids is 1. The molecular formula is C13H26N2O4. The van der Waals surface area contributed by atoms with Gasteiger partial charge in [-0.2, -0.15) is 0 Å². The standard InChI is InChI=1S/C13H26N2O4/c1-7(2)5-9(14)11(16)12(17)15-10(13(18)19)6-8(3)4/h7-11,16H,5-6,14H2,1-4H3,(H,15,17)(H,18,19)/t9-,10+,11?/m1/s1. The number of carboxylic acid groups (broad SMARTS) is 1. The lowest BCUT2D eigenvalue weighted by Crippen LogP contribution is -2.51. The second-order valence-electron chi connectivity index (χ2n) is 5.77. The average molecular weight is 274 g/mol. The molecule has 0 radical (unpaired) electrons. The molecule has 0 saturated heterocycles. The number of aliphatic hydroxyl groups is 1. The first kappa shape index (κ1) is 17.9. The minimum atomic E-state index is -1.38. The third kappa shape index (κ3) is 7.12. The zero-order chi connectivity index (χ0) is 15.2. The van der Waals surface area contributed by atoms with Crippen LogP contribution in [-0.4, -0.2) is 40.3 Å². The smallest absolute Gasteiger partial charge is 0.326 e. The van der Waals surface area contributed by atoms with Gasteiger partial charge >= 0.3 is 5.97 Å². The molecule has 6 heteroatoms. The van der Waals surface area contributed by atoms with E-state index in [1.54, 1.807) is 0 Å². The van der Waals surface area contributed by atoms with Crippen LogP contribution in [0.25, 0.3) is 0 Å². The predicted molar refractivity (Wildman–Crippen MR) is 72.5 cm³/mol. The molecule has 0 aliphatic carbocycles. The molecule has 0 aromatic carbocycles. The highest BCUT2D eigenvalue weighted by atomic mass is 16.4. The largest absolute Gasteiger partial charge is 0.480 e. The summed E-state index contributed by atoms with van der Waals surface area (Å²) >= 11 is 0. The molecular weight excluding hydrogens is 248 g/mol. The Morgan fingerprint density at radius 2 is 1.58 bits per heavy atom. The number of hydrogen-bond acceptors (Lipinski definition) is 4. The van der Waals surface area contributed by atoms with Crippen molar-refractivity contribution in [2.75, 3.05) is 0 Å². The maximum atomic E-state index is 11.8.